The molecule has 0 saturated carbocycles. The van der Waals surface area contributed by atoms with E-state index in [1.807, 2.05) is 24.3 Å². The minimum Gasteiger partial charge on any atom is -0.495 e. The van der Waals surface area contributed by atoms with Gasteiger partial charge in [0.1, 0.15) is 11.3 Å². The monoisotopic (exact) mass is 407 g/mol. The number of rotatable bonds is 4. The zero-order chi connectivity index (χ0) is 21.1. The number of carbonyl (C=O) groups is 3. The van der Waals surface area contributed by atoms with Crippen LogP contribution >= 0.6 is 0 Å². The summed E-state index contributed by atoms with van der Waals surface area (Å²) < 4.78 is 10.6. The second-order valence-corrected chi connectivity index (χ2v) is 6.82. The second-order valence-electron chi connectivity index (χ2n) is 6.82. The van der Waals surface area contributed by atoms with Crippen molar-refractivity contribution in [3.8, 4) is 5.75 Å². The van der Waals surface area contributed by atoms with Crippen LogP contribution in [0.4, 0.5) is 16.2 Å². The third-order valence-electron chi connectivity index (χ3n) is 5.01. The largest absolute Gasteiger partial charge is 0.495 e. The average molecular weight is 407 g/mol. The number of benzene rings is 2. The maximum Gasteiger partial charge on any atom is 0.336 e. The number of methoxy groups -OCH3 is 1. The molecule has 0 bridgehead atoms. The van der Waals surface area contributed by atoms with Crippen LogP contribution in [0.3, 0.4) is 0 Å². The minimum absolute atomic E-state index is 0.125. The molecule has 0 radical (unpaired) electrons. The van der Waals surface area contributed by atoms with Crippen molar-refractivity contribution in [2.45, 2.75) is 0 Å². The standard InChI is InChI=1S/C22H21N3O5/c1-29-19-5-3-2-4-18(19)25-21(27)17(20(26)23-22(25)28)14-15-6-8-16(9-7-15)24-10-12-30-13-11-24/h2-9,14H,10-13H2,1H3,(H,23,26,28)/b17-14+. The van der Waals surface area contributed by atoms with Crippen LogP contribution in [0.25, 0.3) is 6.08 Å². The van der Waals surface area contributed by atoms with Crippen LogP contribution in [-0.2, 0) is 14.3 Å². The first-order chi connectivity index (χ1) is 14.6. The Morgan fingerprint density at radius 1 is 1.00 bits per heavy atom. The Hall–Kier alpha value is -3.65. The van der Waals surface area contributed by atoms with Crippen LogP contribution in [0.5, 0.6) is 5.75 Å². The van der Waals surface area contributed by atoms with Crippen molar-refractivity contribution in [2.24, 2.45) is 0 Å². The van der Waals surface area contributed by atoms with E-state index in [1.165, 1.54) is 13.2 Å². The smallest absolute Gasteiger partial charge is 0.336 e. The van der Waals surface area contributed by atoms with Crippen LogP contribution in [0.2, 0.25) is 0 Å². The molecule has 4 rings (SSSR count). The van der Waals surface area contributed by atoms with E-state index in [9.17, 15) is 14.4 Å². The molecule has 0 unspecified atom stereocenters. The molecule has 154 valence electrons. The fraction of sp³-hybridized carbons (Fsp3) is 0.227. The number of para-hydroxylation sites is 2. The van der Waals surface area contributed by atoms with Gasteiger partial charge in [0.25, 0.3) is 11.8 Å². The molecule has 2 aliphatic rings. The van der Waals surface area contributed by atoms with Crippen molar-refractivity contribution in [3.05, 3.63) is 59.7 Å². The number of hydrogen-bond donors (Lipinski definition) is 1. The maximum absolute atomic E-state index is 13.0. The van der Waals surface area contributed by atoms with E-state index < -0.39 is 17.8 Å². The van der Waals surface area contributed by atoms with Crippen LogP contribution < -0.4 is 19.9 Å². The summed E-state index contributed by atoms with van der Waals surface area (Å²) in [5.74, 6) is -1.08. The molecule has 2 aliphatic heterocycles. The quantitative estimate of drug-likeness (QED) is 0.618. The van der Waals surface area contributed by atoms with Gasteiger partial charge in [-0.25, -0.2) is 9.69 Å². The topological polar surface area (TPSA) is 88.2 Å². The van der Waals surface area contributed by atoms with Gasteiger partial charge in [-0.2, -0.15) is 0 Å². The van der Waals surface area contributed by atoms with Gasteiger partial charge in [0.05, 0.1) is 26.0 Å². The van der Waals surface area contributed by atoms with Gasteiger partial charge < -0.3 is 14.4 Å². The number of barbiturate groups is 1. The molecule has 30 heavy (non-hydrogen) atoms. The fourth-order valence-electron chi connectivity index (χ4n) is 3.46. The highest BCUT2D eigenvalue weighted by atomic mass is 16.5. The van der Waals surface area contributed by atoms with E-state index in [0.717, 1.165) is 23.7 Å². The number of nitrogens with zero attached hydrogens (tertiary/aromatic N) is 2. The lowest BCUT2D eigenvalue weighted by Gasteiger charge is -2.29. The van der Waals surface area contributed by atoms with Gasteiger partial charge in [0.15, 0.2) is 0 Å². The number of anilines is 2. The summed E-state index contributed by atoms with van der Waals surface area (Å²) in [6.07, 6.45) is 1.48. The highest BCUT2D eigenvalue weighted by molar-refractivity contribution is 6.39. The first-order valence-corrected chi connectivity index (χ1v) is 9.56. The number of urea groups is 1. The van der Waals surface area contributed by atoms with Crippen LogP contribution in [0.1, 0.15) is 5.56 Å². The van der Waals surface area contributed by atoms with E-state index in [1.54, 1.807) is 24.3 Å². The highest BCUT2D eigenvalue weighted by Gasteiger charge is 2.38. The summed E-state index contributed by atoms with van der Waals surface area (Å²) >= 11 is 0. The molecular formula is C22H21N3O5. The van der Waals surface area contributed by atoms with Crippen molar-refractivity contribution in [1.82, 2.24) is 5.32 Å². The predicted molar refractivity (Wildman–Crippen MR) is 111 cm³/mol. The number of ether oxygens (including phenoxy) is 2. The zero-order valence-corrected chi connectivity index (χ0v) is 16.5. The molecule has 0 spiro atoms. The van der Waals surface area contributed by atoms with Crippen molar-refractivity contribution < 1.29 is 23.9 Å². The number of carbonyl (C=O) groups excluding carboxylic acids is 3. The minimum atomic E-state index is -0.811. The Morgan fingerprint density at radius 3 is 2.40 bits per heavy atom. The van der Waals surface area contributed by atoms with Crippen LogP contribution in [0, 0.1) is 0 Å². The van der Waals surface area contributed by atoms with Gasteiger partial charge in [-0.3, -0.25) is 14.9 Å². The number of hydrogen-bond acceptors (Lipinski definition) is 6. The number of nitrogens with one attached hydrogen (secondary N) is 1. The van der Waals surface area contributed by atoms with E-state index in [0.29, 0.717) is 24.5 Å². The Bertz CT molecular complexity index is 1010. The number of amides is 4. The number of imide groups is 2. The van der Waals surface area contributed by atoms with Gasteiger partial charge in [-0.1, -0.05) is 24.3 Å². The van der Waals surface area contributed by atoms with Gasteiger partial charge >= 0.3 is 6.03 Å². The Labute approximate surface area is 173 Å². The summed E-state index contributed by atoms with van der Waals surface area (Å²) in [6, 6.07) is 13.4. The molecule has 1 N–H and O–H groups in total. The summed E-state index contributed by atoms with van der Waals surface area (Å²) in [5.41, 5.74) is 1.87. The van der Waals surface area contributed by atoms with E-state index in [4.69, 9.17) is 9.47 Å². The van der Waals surface area contributed by atoms with E-state index in [2.05, 4.69) is 10.2 Å². The molecule has 8 heteroatoms. The molecule has 2 aromatic carbocycles. The predicted octanol–water partition coefficient (Wildman–Crippen LogP) is 2.20. The first-order valence-electron chi connectivity index (χ1n) is 9.56. The molecule has 0 aromatic heterocycles. The van der Waals surface area contributed by atoms with Gasteiger partial charge in [0.2, 0.25) is 0 Å². The highest BCUT2D eigenvalue weighted by Crippen LogP contribution is 2.30. The molecule has 8 nitrogen and oxygen atoms in total. The van der Waals surface area contributed by atoms with Gasteiger partial charge in [0, 0.05) is 18.8 Å². The summed E-state index contributed by atoms with van der Waals surface area (Å²) in [7, 11) is 1.45. The van der Waals surface area contributed by atoms with E-state index >= 15 is 0 Å². The van der Waals surface area contributed by atoms with Crippen molar-refractivity contribution in [1.29, 1.82) is 0 Å². The lowest BCUT2D eigenvalue weighted by molar-refractivity contribution is -0.122. The Balaban J connectivity index is 1.62. The molecule has 2 aromatic rings. The Kier molecular flexibility index (Phi) is 5.49. The summed E-state index contributed by atoms with van der Waals surface area (Å²) in [6.45, 7) is 3.01. The third kappa shape index (κ3) is 3.77. The van der Waals surface area contributed by atoms with Crippen molar-refractivity contribution in [3.63, 3.8) is 0 Å². The molecule has 2 saturated heterocycles. The van der Waals surface area contributed by atoms with Gasteiger partial charge in [-0.15, -0.1) is 0 Å². The van der Waals surface area contributed by atoms with Crippen LogP contribution in [-0.4, -0.2) is 51.3 Å². The van der Waals surface area contributed by atoms with E-state index in [-0.39, 0.29) is 11.3 Å². The molecule has 4 amide bonds. The third-order valence-corrected chi connectivity index (χ3v) is 5.01. The second kappa shape index (κ2) is 8.38. The molecule has 0 atom stereocenters. The normalized spacial score (nSPS) is 18.6. The zero-order valence-electron chi connectivity index (χ0n) is 16.5. The summed E-state index contributed by atoms with van der Waals surface area (Å²) in [5, 5.41) is 2.22. The Morgan fingerprint density at radius 2 is 1.70 bits per heavy atom. The molecular weight excluding hydrogens is 386 g/mol. The number of morpholine rings is 1. The lowest BCUT2D eigenvalue weighted by Crippen LogP contribution is -2.54. The SMILES string of the molecule is COc1ccccc1N1C(=O)NC(=O)/C(=C\c2ccc(N3CCOCC3)cc2)C1=O. The fourth-order valence-corrected chi connectivity index (χ4v) is 3.46. The molecule has 2 heterocycles. The molecule has 0 aliphatic carbocycles. The first kappa shape index (κ1) is 19.7. The summed E-state index contributed by atoms with van der Waals surface area (Å²) in [4.78, 5) is 40.9. The average Bonchev–Trinajstić information content (AvgIpc) is 2.78. The molecule has 2 fully saturated rings. The van der Waals surface area contributed by atoms with Crippen molar-refractivity contribution >= 4 is 35.3 Å². The van der Waals surface area contributed by atoms with Gasteiger partial charge in [-0.05, 0) is 35.9 Å². The maximum atomic E-state index is 13.0. The van der Waals surface area contributed by atoms with Crippen molar-refractivity contribution in [2.75, 3.05) is 43.2 Å². The lowest BCUT2D eigenvalue weighted by atomic mass is 10.1. The van der Waals surface area contributed by atoms with Crippen LogP contribution in [0.15, 0.2) is 54.1 Å².